The number of hydrogen-bond donors (Lipinski definition) is 0. The quantitative estimate of drug-likeness (QED) is 0.606. The van der Waals surface area contributed by atoms with Crippen LogP contribution in [0.3, 0.4) is 0 Å². The fourth-order valence-electron chi connectivity index (χ4n) is 2.89. The van der Waals surface area contributed by atoms with Gasteiger partial charge in [0.25, 0.3) is 0 Å². The van der Waals surface area contributed by atoms with Gasteiger partial charge < -0.3 is 0 Å². The molecule has 0 spiro atoms. The van der Waals surface area contributed by atoms with Crippen molar-refractivity contribution in [3.05, 3.63) is 68.8 Å². The first-order valence-corrected chi connectivity index (χ1v) is 7.55. The molecule has 2 aromatic rings. The topological polar surface area (TPSA) is 0 Å². The van der Waals surface area contributed by atoms with Crippen LogP contribution < -0.4 is 0 Å². The fourth-order valence-corrected chi connectivity index (χ4v) is 3.47. The maximum atomic E-state index is 6.84. The second kappa shape index (κ2) is 5.61. The first-order valence-electron chi connectivity index (χ1n) is 7.11. The summed E-state index contributed by atoms with van der Waals surface area (Å²) in [5.74, 6) is 0. The molecular weight excluding hydrogens is 264 g/mol. The smallest absolute Gasteiger partial charge is 0.0843 e. The van der Waals surface area contributed by atoms with E-state index < -0.39 is 0 Å². The fraction of sp³-hybridized carbons (Fsp3) is 0.368. The zero-order valence-corrected chi connectivity index (χ0v) is 14.0. The first kappa shape index (κ1) is 15.1. The Kier molecular flexibility index (Phi) is 4.25. The lowest BCUT2D eigenvalue weighted by atomic mass is 9.88. The second-order valence-corrected chi connectivity index (χ2v) is 6.33. The summed E-state index contributed by atoms with van der Waals surface area (Å²) in [7, 11) is 0. The molecule has 1 atom stereocenters. The number of aryl methyl sites for hydroxylation is 4. The van der Waals surface area contributed by atoms with E-state index in [-0.39, 0.29) is 5.38 Å². The van der Waals surface area contributed by atoms with Crippen LogP contribution in [0.25, 0.3) is 0 Å². The number of halogens is 1. The maximum Gasteiger partial charge on any atom is 0.0843 e. The van der Waals surface area contributed by atoms with Crippen molar-refractivity contribution in [2.75, 3.05) is 0 Å². The van der Waals surface area contributed by atoms with Crippen LogP contribution in [0, 0.1) is 41.5 Å². The Morgan fingerprint density at radius 3 is 1.80 bits per heavy atom. The van der Waals surface area contributed by atoms with Gasteiger partial charge in [-0.3, -0.25) is 0 Å². The molecule has 0 saturated heterocycles. The van der Waals surface area contributed by atoms with Crippen LogP contribution in [0.1, 0.15) is 49.9 Å². The lowest BCUT2D eigenvalue weighted by molar-refractivity contribution is 1.04. The molecule has 0 nitrogen and oxygen atoms in total. The van der Waals surface area contributed by atoms with Crippen molar-refractivity contribution >= 4 is 11.6 Å². The molecular formula is C19H23Cl. The zero-order valence-electron chi connectivity index (χ0n) is 13.3. The largest absolute Gasteiger partial charge is 0.113 e. The van der Waals surface area contributed by atoms with Crippen molar-refractivity contribution < 1.29 is 0 Å². The number of alkyl halides is 1. The van der Waals surface area contributed by atoms with Gasteiger partial charge in [-0.1, -0.05) is 29.8 Å². The van der Waals surface area contributed by atoms with Crippen LogP contribution in [0.5, 0.6) is 0 Å². The minimum Gasteiger partial charge on any atom is -0.113 e. The predicted octanol–water partition coefficient (Wildman–Crippen LogP) is 5.87. The molecule has 0 saturated carbocycles. The summed E-state index contributed by atoms with van der Waals surface area (Å²) >= 11 is 6.84. The van der Waals surface area contributed by atoms with Gasteiger partial charge in [0.2, 0.25) is 0 Å². The normalized spacial score (nSPS) is 12.6. The van der Waals surface area contributed by atoms with Crippen LogP contribution >= 0.6 is 11.6 Å². The van der Waals surface area contributed by atoms with Crippen molar-refractivity contribution in [2.45, 2.75) is 46.9 Å². The third-order valence-corrected chi connectivity index (χ3v) is 4.83. The van der Waals surface area contributed by atoms with Gasteiger partial charge in [-0.05, 0) is 80.5 Å². The van der Waals surface area contributed by atoms with Crippen LogP contribution in [-0.4, -0.2) is 0 Å². The average molecular weight is 287 g/mol. The number of benzene rings is 2. The van der Waals surface area contributed by atoms with Crippen LogP contribution in [-0.2, 0) is 0 Å². The SMILES string of the molecule is Cc1ccc(C(Cl)c2c(C)c(C)cc(C)c2C)c(C)c1. The summed E-state index contributed by atoms with van der Waals surface area (Å²) in [6.45, 7) is 12.9. The summed E-state index contributed by atoms with van der Waals surface area (Å²) in [5.41, 5.74) is 10.3. The maximum absolute atomic E-state index is 6.84. The van der Waals surface area contributed by atoms with Gasteiger partial charge in [-0.15, -0.1) is 11.6 Å². The highest BCUT2D eigenvalue weighted by Crippen LogP contribution is 2.37. The Bertz CT molecular complexity index is 627. The third-order valence-electron chi connectivity index (χ3n) is 4.38. The van der Waals surface area contributed by atoms with E-state index >= 15 is 0 Å². The Balaban J connectivity index is 2.62. The average Bonchev–Trinajstić information content (AvgIpc) is 2.36. The summed E-state index contributed by atoms with van der Waals surface area (Å²) < 4.78 is 0. The van der Waals surface area contributed by atoms with E-state index in [1.165, 1.54) is 44.5 Å². The molecule has 2 rings (SSSR count). The van der Waals surface area contributed by atoms with Crippen molar-refractivity contribution in [2.24, 2.45) is 0 Å². The van der Waals surface area contributed by atoms with Gasteiger partial charge in [-0.2, -0.15) is 0 Å². The van der Waals surface area contributed by atoms with Crippen molar-refractivity contribution in [3.63, 3.8) is 0 Å². The van der Waals surface area contributed by atoms with Crippen molar-refractivity contribution in [1.29, 1.82) is 0 Å². The highest BCUT2D eigenvalue weighted by molar-refractivity contribution is 6.23. The Hall–Kier alpha value is -1.27. The molecule has 0 radical (unpaired) electrons. The lowest BCUT2D eigenvalue weighted by Gasteiger charge is -2.21. The highest BCUT2D eigenvalue weighted by atomic mass is 35.5. The lowest BCUT2D eigenvalue weighted by Crippen LogP contribution is -2.05. The molecule has 20 heavy (non-hydrogen) atoms. The Morgan fingerprint density at radius 1 is 0.750 bits per heavy atom. The summed E-state index contributed by atoms with van der Waals surface area (Å²) in [6.07, 6.45) is 0. The molecule has 0 aliphatic carbocycles. The van der Waals surface area contributed by atoms with Gasteiger partial charge >= 0.3 is 0 Å². The molecule has 0 aromatic heterocycles. The molecule has 2 aromatic carbocycles. The minimum absolute atomic E-state index is 0.0748. The Labute approximate surface area is 127 Å². The first-order chi connectivity index (χ1) is 9.32. The molecule has 0 aliphatic heterocycles. The van der Waals surface area contributed by atoms with Crippen molar-refractivity contribution in [1.82, 2.24) is 0 Å². The van der Waals surface area contributed by atoms with Crippen LogP contribution in [0.4, 0.5) is 0 Å². The van der Waals surface area contributed by atoms with Gasteiger partial charge in [0, 0.05) is 0 Å². The van der Waals surface area contributed by atoms with E-state index in [0.717, 1.165) is 0 Å². The van der Waals surface area contributed by atoms with E-state index in [1.807, 2.05) is 0 Å². The molecule has 0 fully saturated rings. The summed E-state index contributed by atoms with van der Waals surface area (Å²) in [6, 6.07) is 8.77. The van der Waals surface area contributed by atoms with Gasteiger partial charge in [-0.25, -0.2) is 0 Å². The predicted molar refractivity (Wildman–Crippen MR) is 89.0 cm³/mol. The monoisotopic (exact) mass is 286 g/mol. The summed E-state index contributed by atoms with van der Waals surface area (Å²) in [5, 5.41) is -0.0748. The number of hydrogen-bond acceptors (Lipinski definition) is 0. The van der Waals surface area contributed by atoms with E-state index in [4.69, 9.17) is 11.6 Å². The van der Waals surface area contributed by atoms with E-state index in [0.29, 0.717) is 0 Å². The van der Waals surface area contributed by atoms with E-state index in [9.17, 15) is 0 Å². The highest BCUT2D eigenvalue weighted by Gasteiger charge is 2.19. The molecule has 0 heterocycles. The molecule has 0 aliphatic rings. The second-order valence-electron chi connectivity index (χ2n) is 5.90. The summed E-state index contributed by atoms with van der Waals surface area (Å²) in [4.78, 5) is 0. The van der Waals surface area contributed by atoms with Crippen LogP contribution in [0.15, 0.2) is 24.3 Å². The van der Waals surface area contributed by atoms with Gasteiger partial charge in [0.05, 0.1) is 5.38 Å². The van der Waals surface area contributed by atoms with Gasteiger partial charge in [0.1, 0.15) is 0 Å². The van der Waals surface area contributed by atoms with Crippen molar-refractivity contribution in [3.8, 4) is 0 Å². The van der Waals surface area contributed by atoms with Gasteiger partial charge in [0.15, 0.2) is 0 Å². The standard InChI is InChI=1S/C19H23Cl/c1-11-7-8-17(14(4)9-11)19(20)18-15(5)12(2)10-13(3)16(18)6/h7-10,19H,1-6H3. The number of rotatable bonds is 2. The molecule has 0 bridgehead atoms. The molecule has 0 amide bonds. The third kappa shape index (κ3) is 2.62. The molecule has 1 unspecified atom stereocenters. The molecule has 1 heteroatoms. The minimum atomic E-state index is -0.0748. The van der Waals surface area contributed by atoms with E-state index in [1.54, 1.807) is 0 Å². The molecule has 0 N–H and O–H groups in total. The Morgan fingerprint density at radius 2 is 1.30 bits per heavy atom. The van der Waals surface area contributed by atoms with Crippen LogP contribution in [0.2, 0.25) is 0 Å². The molecule has 106 valence electrons. The zero-order chi connectivity index (χ0) is 15.0. The van der Waals surface area contributed by atoms with E-state index in [2.05, 4.69) is 65.8 Å².